The normalized spacial score (nSPS) is 12.6. The number of anilines is 1. The number of hydrogen-bond donors (Lipinski definition) is 2. The molecule has 0 aromatic heterocycles. The first-order chi connectivity index (χ1) is 13.6. The van der Waals surface area contributed by atoms with Gasteiger partial charge in [-0.2, -0.15) is 5.26 Å². The van der Waals surface area contributed by atoms with E-state index in [0.29, 0.717) is 11.3 Å². The SMILES string of the molecule is Cc1ccc([C@H](N[C@@H](C)C(=O)Nc2ccc(C#N)cc2)c2ccccc2)cc1. The lowest BCUT2D eigenvalue weighted by molar-refractivity contribution is -0.117. The summed E-state index contributed by atoms with van der Waals surface area (Å²) >= 11 is 0. The Bertz CT molecular complexity index is 957. The summed E-state index contributed by atoms with van der Waals surface area (Å²) in [5.41, 5.74) is 4.64. The zero-order chi connectivity index (χ0) is 19.9. The van der Waals surface area contributed by atoms with E-state index in [9.17, 15) is 4.79 Å². The van der Waals surface area contributed by atoms with E-state index in [1.54, 1.807) is 24.3 Å². The molecule has 0 radical (unpaired) electrons. The Kier molecular flexibility index (Phi) is 6.21. The standard InChI is InChI=1S/C24H23N3O/c1-17-8-12-21(13-9-17)23(20-6-4-3-5-7-20)26-18(2)24(28)27-22-14-10-19(16-25)11-15-22/h3-15,18,23,26H,1-2H3,(H,27,28)/t18-,23+/m0/s1. The second kappa shape index (κ2) is 8.98. The topological polar surface area (TPSA) is 64.9 Å². The van der Waals surface area contributed by atoms with Crippen LogP contribution in [0.25, 0.3) is 0 Å². The Morgan fingerprint density at radius 1 is 0.893 bits per heavy atom. The molecule has 0 aliphatic heterocycles. The van der Waals surface area contributed by atoms with Gasteiger partial charge in [-0.05, 0) is 49.2 Å². The maximum Gasteiger partial charge on any atom is 0.241 e. The molecule has 0 bridgehead atoms. The highest BCUT2D eigenvalue weighted by molar-refractivity contribution is 5.94. The molecule has 3 aromatic carbocycles. The number of hydrogen-bond acceptors (Lipinski definition) is 3. The van der Waals surface area contributed by atoms with E-state index >= 15 is 0 Å². The van der Waals surface area contributed by atoms with E-state index in [1.165, 1.54) is 5.56 Å². The number of rotatable bonds is 6. The van der Waals surface area contributed by atoms with E-state index in [4.69, 9.17) is 5.26 Å². The first-order valence-corrected chi connectivity index (χ1v) is 9.25. The first kappa shape index (κ1) is 19.3. The average Bonchev–Trinajstić information content (AvgIpc) is 2.73. The van der Waals surface area contributed by atoms with Gasteiger partial charge >= 0.3 is 0 Å². The molecule has 4 nitrogen and oxygen atoms in total. The van der Waals surface area contributed by atoms with Crippen LogP contribution in [0.15, 0.2) is 78.9 Å². The maximum atomic E-state index is 12.7. The Hall–Kier alpha value is -3.42. The Labute approximate surface area is 165 Å². The molecule has 28 heavy (non-hydrogen) atoms. The van der Waals surface area contributed by atoms with Crippen LogP contribution in [-0.4, -0.2) is 11.9 Å². The van der Waals surface area contributed by atoms with Gasteiger partial charge in [0.05, 0.1) is 23.7 Å². The largest absolute Gasteiger partial charge is 0.325 e. The van der Waals surface area contributed by atoms with Crippen LogP contribution in [0.3, 0.4) is 0 Å². The lowest BCUT2D eigenvalue weighted by Gasteiger charge is -2.24. The van der Waals surface area contributed by atoms with Gasteiger partial charge in [-0.3, -0.25) is 10.1 Å². The summed E-state index contributed by atoms with van der Waals surface area (Å²) in [7, 11) is 0. The van der Waals surface area contributed by atoms with Crippen molar-refractivity contribution in [2.75, 3.05) is 5.32 Å². The zero-order valence-corrected chi connectivity index (χ0v) is 16.0. The predicted octanol–water partition coefficient (Wildman–Crippen LogP) is 4.57. The molecule has 2 atom stereocenters. The van der Waals surface area contributed by atoms with Gasteiger partial charge in [-0.1, -0.05) is 60.2 Å². The average molecular weight is 369 g/mol. The molecule has 4 heteroatoms. The third kappa shape index (κ3) is 4.85. The van der Waals surface area contributed by atoms with E-state index in [-0.39, 0.29) is 11.9 Å². The molecule has 3 rings (SSSR count). The van der Waals surface area contributed by atoms with E-state index < -0.39 is 6.04 Å². The molecule has 0 saturated carbocycles. The number of nitriles is 1. The van der Waals surface area contributed by atoms with Gasteiger partial charge in [0.15, 0.2) is 0 Å². The number of nitrogens with zero attached hydrogens (tertiary/aromatic N) is 1. The molecule has 3 aromatic rings. The zero-order valence-electron chi connectivity index (χ0n) is 16.0. The van der Waals surface area contributed by atoms with Gasteiger partial charge in [0.1, 0.15) is 0 Å². The van der Waals surface area contributed by atoms with Gasteiger partial charge < -0.3 is 5.32 Å². The molecule has 0 fully saturated rings. The third-order valence-electron chi connectivity index (χ3n) is 4.64. The number of carbonyl (C=O) groups is 1. The lowest BCUT2D eigenvalue weighted by atomic mass is 9.97. The summed E-state index contributed by atoms with van der Waals surface area (Å²) in [6.45, 7) is 3.91. The second-order valence-corrected chi connectivity index (χ2v) is 6.82. The lowest BCUT2D eigenvalue weighted by Crippen LogP contribution is -2.40. The van der Waals surface area contributed by atoms with Crippen LogP contribution in [0.5, 0.6) is 0 Å². The van der Waals surface area contributed by atoms with Crippen LogP contribution in [0.2, 0.25) is 0 Å². The van der Waals surface area contributed by atoms with Crippen molar-refractivity contribution in [1.29, 1.82) is 5.26 Å². The number of nitrogens with one attached hydrogen (secondary N) is 2. The summed E-state index contributed by atoms with van der Waals surface area (Å²) in [5.74, 6) is -0.127. The highest BCUT2D eigenvalue weighted by Crippen LogP contribution is 2.23. The van der Waals surface area contributed by atoms with Crippen molar-refractivity contribution in [3.63, 3.8) is 0 Å². The minimum atomic E-state index is -0.415. The van der Waals surface area contributed by atoms with Crippen LogP contribution in [0.4, 0.5) is 5.69 Å². The fourth-order valence-corrected chi connectivity index (χ4v) is 2.99. The monoisotopic (exact) mass is 369 g/mol. The summed E-state index contributed by atoms with van der Waals surface area (Å²) in [6.07, 6.45) is 0. The van der Waals surface area contributed by atoms with Crippen molar-refractivity contribution >= 4 is 11.6 Å². The molecule has 140 valence electrons. The summed E-state index contributed by atoms with van der Waals surface area (Å²) in [6, 6.07) is 26.8. The van der Waals surface area contributed by atoms with E-state index in [1.807, 2.05) is 25.1 Å². The van der Waals surface area contributed by atoms with Crippen LogP contribution < -0.4 is 10.6 Å². The van der Waals surface area contributed by atoms with Crippen molar-refractivity contribution in [2.45, 2.75) is 25.9 Å². The quantitative estimate of drug-likeness (QED) is 0.669. The summed E-state index contributed by atoms with van der Waals surface area (Å²) < 4.78 is 0. The number of benzene rings is 3. The van der Waals surface area contributed by atoms with Crippen molar-refractivity contribution in [3.05, 3.63) is 101 Å². The Balaban J connectivity index is 1.76. The van der Waals surface area contributed by atoms with Crippen LogP contribution in [0, 0.1) is 18.3 Å². The van der Waals surface area contributed by atoms with Crippen LogP contribution >= 0.6 is 0 Å². The fraction of sp³-hybridized carbons (Fsp3) is 0.167. The number of carbonyl (C=O) groups excluding carboxylic acids is 1. The van der Waals surface area contributed by atoms with Gasteiger partial charge in [0, 0.05) is 5.69 Å². The van der Waals surface area contributed by atoms with E-state index in [2.05, 4.69) is 60.0 Å². The van der Waals surface area contributed by atoms with Crippen molar-refractivity contribution in [1.82, 2.24) is 5.32 Å². The van der Waals surface area contributed by atoms with Gasteiger partial charge in [0.2, 0.25) is 5.91 Å². The fourth-order valence-electron chi connectivity index (χ4n) is 2.99. The predicted molar refractivity (Wildman–Crippen MR) is 112 cm³/mol. The Morgan fingerprint density at radius 3 is 2.11 bits per heavy atom. The molecule has 0 heterocycles. The molecule has 0 aliphatic rings. The number of aryl methyl sites for hydroxylation is 1. The molecule has 1 amide bonds. The maximum absolute atomic E-state index is 12.7. The highest BCUT2D eigenvalue weighted by Gasteiger charge is 2.20. The van der Waals surface area contributed by atoms with Crippen LogP contribution in [0.1, 0.15) is 35.2 Å². The van der Waals surface area contributed by atoms with E-state index in [0.717, 1.165) is 11.1 Å². The molecular formula is C24H23N3O. The van der Waals surface area contributed by atoms with Crippen molar-refractivity contribution in [3.8, 4) is 6.07 Å². The molecule has 0 aliphatic carbocycles. The molecular weight excluding hydrogens is 346 g/mol. The third-order valence-corrected chi connectivity index (χ3v) is 4.64. The molecule has 0 saturated heterocycles. The minimum Gasteiger partial charge on any atom is -0.325 e. The summed E-state index contributed by atoms with van der Waals surface area (Å²) in [5, 5.41) is 15.2. The summed E-state index contributed by atoms with van der Waals surface area (Å²) in [4.78, 5) is 12.7. The van der Waals surface area contributed by atoms with Crippen molar-refractivity contribution < 1.29 is 4.79 Å². The van der Waals surface area contributed by atoms with Gasteiger partial charge in [0.25, 0.3) is 0 Å². The van der Waals surface area contributed by atoms with Crippen LogP contribution in [-0.2, 0) is 4.79 Å². The smallest absolute Gasteiger partial charge is 0.241 e. The number of amides is 1. The highest BCUT2D eigenvalue weighted by atomic mass is 16.2. The van der Waals surface area contributed by atoms with Crippen molar-refractivity contribution in [2.24, 2.45) is 0 Å². The molecule has 0 unspecified atom stereocenters. The first-order valence-electron chi connectivity index (χ1n) is 9.25. The Morgan fingerprint density at radius 2 is 1.50 bits per heavy atom. The molecule has 2 N–H and O–H groups in total. The molecule has 0 spiro atoms. The minimum absolute atomic E-state index is 0.0940. The van der Waals surface area contributed by atoms with Gasteiger partial charge in [-0.15, -0.1) is 0 Å². The van der Waals surface area contributed by atoms with Gasteiger partial charge in [-0.25, -0.2) is 0 Å². The second-order valence-electron chi connectivity index (χ2n) is 6.82.